The van der Waals surface area contributed by atoms with Crippen molar-refractivity contribution in [2.45, 2.75) is 57.4 Å². The van der Waals surface area contributed by atoms with Crippen LogP contribution in [0.15, 0.2) is 18.2 Å². The Bertz CT molecular complexity index is 398. The van der Waals surface area contributed by atoms with Crippen molar-refractivity contribution in [2.75, 3.05) is 0 Å². The molecule has 0 amide bonds. The van der Waals surface area contributed by atoms with E-state index in [-0.39, 0.29) is 6.04 Å². The molecule has 1 aromatic rings. The van der Waals surface area contributed by atoms with Gasteiger partial charge < -0.3 is 5.73 Å². The second-order valence-corrected chi connectivity index (χ2v) is 6.56. The maximum atomic E-state index is 6.30. The van der Waals surface area contributed by atoms with Crippen molar-refractivity contribution < 1.29 is 0 Å². The minimum absolute atomic E-state index is 0.194. The lowest BCUT2D eigenvalue weighted by Crippen LogP contribution is -2.26. The van der Waals surface area contributed by atoms with Crippen LogP contribution in [-0.4, -0.2) is 6.04 Å². The van der Waals surface area contributed by atoms with Gasteiger partial charge in [0.2, 0.25) is 0 Å². The highest BCUT2D eigenvalue weighted by Crippen LogP contribution is 2.29. The topological polar surface area (TPSA) is 26.0 Å². The van der Waals surface area contributed by atoms with Gasteiger partial charge in [-0.2, -0.15) is 0 Å². The monoisotopic (exact) mass is 299 g/mol. The number of benzene rings is 1. The van der Waals surface area contributed by atoms with Crippen molar-refractivity contribution in [3.63, 3.8) is 0 Å². The van der Waals surface area contributed by atoms with E-state index in [2.05, 4.69) is 0 Å². The third-order valence-corrected chi connectivity index (χ3v) is 4.98. The Morgan fingerprint density at radius 1 is 1.11 bits per heavy atom. The van der Waals surface area contributed by atoms with E-state index in [1.807, 2.05) is 18.2 Å². The fourth-order valence-corrected chi connectivity index (χ4v) is 3.50. The molecule has 1 saturated carbocycles. The van der Waals surface area contributed by atoms with Crippen LogP contribution in [0.3, 0.4) is 0 Å². The molecule has 0 aromatic heterocycles. The van der Waals surface area contributed by atoms with Gasteiger partial charge in [-0.15, -0.1) is 0 Å². The Hall–Kier alpha value is -0.240. The summed E-state index contributed by atoms with van der Waals surface area (Å²) in [6.45, 7) is 0. The van der Waals surface area contributed by atoms with E-state index >= 15 is 0 Å². The minimum atomic E-state index is 0.194. The van der Waals surface area contributed by atoms with Crippen LogP contribution in [0.4, 0.5) is 0 Å². The molecule has 1 aliphatic carbocycles. The summed E-state index contributed by atoms with van der Waals surface area (Å²) in [5.41, 5.74) is 7.38. The molecule has 1 nitrogen and oxygen atoms in total. The van der Waals surface area contributed by atoms with Gasteiger partial charge in [0.1, 0.15) is 0 Å². The van der Waals surface area contributed by atoms with Crippen LogP contribution in [-0.2, 0) is 6.42 Å². The van der Waals surface area contributed by atoms with Crippen LogP contribution in [0.25, 0.3) is 0 Å². The Morgan fingerprint density at radius 2 is 1.79 bits per heavy atom. The van der Waals surface area contributed by atoms with E-state index in [1.165, 1.54) is 38.5 Å². The number of halogens is 2. The van der Waals surface area contributed by atoms with Gasteiger partial charge in [-0.1, -0.05) is 73.9 Å². The van der Waals surface area contributed by atoms with Crippen LogP contribution < -0.4 is 5.73 Å². The fourth-order valence-electron chi connectivity index (χ4n) is 3.10. The molecule has 1 fully saturated rings. The highest BCUT2D eigenvalue weighted by Gasteiger charge is 2.17. The zero-order valence-corrected chi connectivity index (χ0v) is 12.9. The summed E-state index contributed by atoms with van der Waals surface area (Å²) in [4.78, 5) is 0. The first kappa shape index (κ1) is 15.2. The number of nitrogens with two attached hydrogens (primary N) is 1. The molecule has 106 valence electrons. The molecule has 2 rings (SSSR count). The number of hydrogen-bond donors (Lipinski definition) is 1. The van der Waals surface area contributed by atoms with Crippen molar-refractivity contribution >= 4 is 23.2 Å². The molecule has 19 heavy (non-hydrogen) atoms. The summed E-state index contributed by atoms with van der Waals surface area (Å²) in [6, 6.07) is 5.99. The number of rotatable bonds is 4. The maximum absolute atomic E-state index is 6.30. The summed E-state index contributed by atoms with van der Waals surface area (Å²) < 4.78 is 0. The molecule has 0 radical (unpaired) electrons. The molecule has 2 N–H and O–H groups in total. The summed E-state index contributed by atoms with van der Waals surface area (Å²) in [5, 5.41) is 1.29. The van der Waals surface area contributed by atoms with Gasteiger partial charge >= 0.3 is 0 Å². The minimum Gasteiger partial charge on any atom is -0.327 e. The summed E-state index contributed by atoms with van der Waals surface area (Å²) in [6.07, 6.45) is 10.2. The predicted molar refractivity (Wildman–Crippen MR) is 84.0 cm³/mol. The molecule has 1 aliphatic rings. The Kier molecular flexibility index (Phi) is 6.00. The summed E-state index contributed by atoms with van der Waals surface area (Å²) >= 11 is 12.3. The van der Waals surface area contributed by atoms with E-state index < -0.39 is 0 Å². The third kappa shape index (κ3) is 4.66. The second kappa shape index (κ2) is 7.52. The molecule has 1 unspecified atom stereocenters. The normalized spacial score (nSPS) is 19.1. The van der Waals surface area contributed by atoms with Crippen LogP contribution in [0.5, 0.6) is 0 Å². The van der Waals surface area contributed by atoms with Gasteiger partial charge in [-0.3, -0.25) is 0 Å². The smallest absolute Gasteiger partial charge is 0.0624 e. The maximum Gasteiger partial charge on any atom is 0.0624 e. The van der Waals surface area contributed by atoms with E-state index in [9.17, 15) is 0 Å². The lowest BCUT2D eigenvalue weighted by Gasteiger charge is -2.20. The van der Waals surface area contributed by atoms with Crippen LogP contribution in [0.2, 0.25) is 10.0 Å². The Labute approximate surface area is 126 Å². The first-order valence-electron chi connectivity index (χ1n) is 7.35. The first-order chi connectivity index (χ1) is 9.16. The summed E-state index contributed by atoms with van der Waals surface area (Å²) in [5.74, 6) is 0.801. The molecule has 1 atom stereocenters. The van der Waals surface area contributed by atoms with Crippen molar-refractivity contribution in [1.29, 1.82) is 0 Å². The highest BCUT2D eigenvalue weighted by molar-refractivity contribution is 6.42. The first-order valence-corrected chi connectivity index (χ1v) is 8.11. The van der Waals surface area contributed by atoms with E-state index in [4.69, 9.17) is 28.9 Å². The SMILES string of the molecule is NC(Cc1cccc(Cl)c1Cl)CC1CCCCCC1. The van der Waals surface area contributed by atoms with Gasteiger partial charge in [0.25, 0.3) is 0 Å². The molecule has 0 saturated heterocycles. The molecule has 0 heterocycles. The molecular weight excluding hydrogens is 277 g/mol. The fraction of sp³-hybridized carbons (Fsp3) is 0.625. The predicted octanol–water partition coefficient (Wildman–Crippen LogP) is 5.22. The Balaban J connectivity index is 1.89. The molecule has 1 aromatic carbocycles. The van der Waals surface area contributed by atoms with E-state index in [0.717, 1.165) is 24.3 Å². The van der Waals surface area contributed by atoms with Gasteiger partial charge in [-0.05, 0) is 30.4 Å². The van der Waals surface area contributed by atoms with Crippen LogP contribution in [0.1, 0.15) is 50.5 Å². The average molecular weight is 300 g/mol. The largest absolute Gasteiger partial charge is 0.327 e. The lowest BCUT2D eigenvalue weighted by atomic mass is 9.90. The average Bonchev–Trinajstić information content (AvgIpc) is 2.63. The quantitative estimate of drug-likeness (QED) is 0.758. The third-order valence-electron chi connectivity index (χ3n) is 4.12. The van der Waals surface area contributed by atoms with Gasteiger partial charge in [0, 0.05) is 6.04 Å². The van der Waals surface area contributed by atoms with Crippen LogP contribution >= 0.6 is 23.2 Å². The lowest BCUT2D eigenvalue weighted by molar-refractivity contribution is 0.387. The van der Waals surface area contributed by atoms with Gasteiger partial charge in [0.05, 0.1) is 10.0 Å². The van der Waals surface area contributed by atoms with Crippen molar-refractivity contribution in [3.8, 4) is 0 Å². The van der Waals surface area contributed by atoms with Gasteiger partial charge in [-0.25, -0.2) is 0 Å². The van der Waals surface area contributed by atoms with Crippen molar-refractivity contribution in [3.05, 3.63) is 33.8 Å². The molecule has 3 heteroatoms. The molecule has 0 aliphatic heterocycles. The highest BCUT2D eigenvalue weighted by atomic mass is 35.5. The molecule has 0 spiro atoms. The van der Waals surface area contributed by atoms with Gasteiger partial charge in [0.15, 0.2) is 0 Å². The standard InChI is InChI=1S/C16H23Cl2N/c17-15-9-5-8-13(16(15)18)11-14(19)10-12-6-3-1-2-4-7-12/h5,8-9,12,14H,1-4,6-7,10-11,19H2. The van der Waals surface area contributed by atoms with Crippen LogP contribution in [0, 0.1) is 5.92 Å². The molecule has 0 bridgehead atoms. The Morgan fingerprint density at radius 3 is 2.47 bits per heavy atom. The molecular formula is C16H23Cl2N. The zero-order chi connectivity index (χ0) is 13.7. The van der Waals surface area contributed by atoms with Crippen molar-refractivity contribution in [2.24, 2.45) is 11.7 Å². The second-order valence-electron chi connectivity index (χ2n) is 5.77. The zero-order valence-electron chi connectivity index (χ0n) is 11.4. The number of hydrogen-bond acceptors (Lipinski definition) is 1. The van der Waals surface area contributed by atoms with E-state index in [0.29, 0.717) is 10.0 Å². The van der Waals surface area contributed by atoms with Crippen molar-refractivity contribution in [1.82, 2.24) is 0 Å². The summed E-state index contributed by atoms with van der Waals surface area (Å²) in [7, 11) is 0. The van der Waals surface area contributed by atoms with E-state index in [1.54, 1.807) is 0 Å².